The zero-order chi connectivity index (χ0) is 15.0. The zero-order valence-electron chi connectivity index (χ0n) is 11.9. The number of nitrogens with one attached hydrogen (secondary N) is 1. The Hall–Kier alpha value is -0.770. The van der Waals surface area contributed by atoms with Gasteiger partial charge in [0, 0.05) is 12.5 Å². The van der Waals surface area contributed by atoms with Gasteiger partial charge in [0.2, 0.25) is 5.91 Å². The van der Waals surface area contributed by atoms with Gasteiger partial charge in [0.25, 0.3) is 0 Å². The molecular formula is C16H20Cl2N2O. The summed E-state index contributed by atoms with van der Waals surface area (Å²) in [6, 6.07) is 5.61. The van der Waals surface area contributed by atoms with Gasteiger partial charge in [0.1, 0.15) is 0 Å². The number of benzene rings is 1. The maximum Gasteiger partial charge on any atom is 0.224 e. The number of rotatable bonds is 4. The topological polar surface area (TPSA) is 55.1 Å². The van der Waals surface area contributed by atoms with Crippen molar-refractivity contribution in [2.24, 2.45) is 11.7 Å². The maximum absolute atomic E-state index is 12.5. The van der Waals surface area contributed by atoms with Crippen LogP contribution in [0, 0.1) is 5.92 Å². The second-order valence-electron chi connectivity index (χ2n) is 6.27. The second-order valence-corrected chi connectivity index (χ2v) is 7.06. The van der Waals surface area contributed by atoms with Crippen LogP contribution in [0.25, 0.3) is 0 Å². The first-order valence-corrected chi connectivity index (χ1v) is 8.28. The highest BCUT2D eigenvalue weighted by Gasteiger charge is 2.47. The van der Waals surface area contributed by atoms with Crippen LogP contribution in [0.5, 0.6) is 0 Å². The van der Waals surface area contributed by atoms with E-state index in [2.05, 4.69) is 5.32 Å². The lowest BCUT2D eigenvalue weighted by Crippen LogP contribution is -2.52. The normalized spacial score (nSPS) is 26.6. The molecule has 2 aliphatic rings. The van der Waals surface area contributed by atoms with Crippen LogP contribution >= 0.6 is 23.2 Å². The Kier molecular flexibility index (Phi) is 4.17. The lowest BCUT2D eigenvalue weighted by atomic mass is 9.97. The van der Waals surface area contributed by atoms with Crippen molar-refractivity contribution >= 4 is 29.1 Å². The minimum absolute atomic E-state index is 0.00462. The van der Waals surface area contributed by atoms with Gasteiger partial charge in [-0.2, -0.15) is 0 Å². The van der Waals surface area contributed by atoms with Gasteiger partial charge in [-0.25, -0.2) is 0 Å². The van der Waals surface area contributed by atoms with E-state index in [1.54, 1.807) is 6.07 Å². The molecule has 1 amide bonds. The van der Waals surface area contributed by atoms with Gasteiger partial charge in [-0.1, -0.05) is 48.2 Å². The molecule has 0 heterocycles. The van der Waals surface area contributed by atoms with Crippen LogP contribution in [-0.4, -0.2) is 18.0 Å². The third kappa shape index (κ3) is 2.92. The number of hydrogen-bond donors (Lipinski definition) is 2. The molecule has 0 spiro atoms. The minimum atomic E-state index is -0.178. The molecule has 1 aromatic rings. The van der Waals surface area contributed by atoms with Crippen LogP contribution in [-0.2, 0) is 4.79 Å². The number of carbonyl (C=O) groups is 1. The second kappa shape index (κ2) is 5.79. The van der Waals surface area contributed by atoms with Gasteiger partial charge in [-0.05, 0) is 36.8 Å². The molecular weight excluding hydrogens is 307 g/mol. The fourth-order valence-corrected chi connectivity index (χ4v) is 3.87. The summed E-state index contributed by atoms with van der Waals surface area (Å²) in [6.07, 6.45) is 5.11. The Balaban J connectivity index is 1.67. The molecule has 0 saturated heterocycles. The lowest BCUT2D eigenvalue weighted by Gasteiger charge is -2.28. The van der Waals surface area contributed by atoms with Crippen LogP contribution in [0.3, 0.4) is 0 Å². The van der Waals surface area contributed by atoms with Crippen LogP contribution in [0.15, 0.2) is 18.2 Å². The van der Waals surface area contributed by atoms with E-state index in [4.69, 9.17) is 28.9 Å². The van der Waals surface area contributed by atoms with Gasteiger partial charge < -0.3 is 11.1 Å². The van der Waals surface area contributed by atoms with Gasteiger partial charge >= 0.3 is 0 Å². The van der Waals surface area contributed by atoms with Crippen LogP contribution in [0.2, 0.25) is 10.0 Å². The Labute approximate surface area is 135 Å². The predicted octanol–water partition coefficient (Wildman–Crippen LogP) is 3.48. The third-order valence-corrected chi connectivity index (χ3v) is 5.68. The van der Waals surface area contributed by atoms with E-state index in [0.717, 1.165) is 37.7 Å². The molecule has 5 heteroatoms. The summed E-state index contributed by atoms with van der Waals surface area (Å²) >= 11 is 12.3. The molecule has 2 fully saturated rings. The summed E-state index contributed by atoms with van der Waals surface area (Å²) in [5.74, 6) is 0.306. The van der Waals surface area contributed by atoms with Crippen molar-refractivity contribution in [1.82, 2.24) is 5.32 Å². The van der Waals surface area contributed by atoms with Gasteiger partial charge in [0.05, 0.1) is 15.6 Å². The molecule has 2 atom stereocenters. The molecule has 114 valence electrons. The number of carbonyl (C=O) groups excluding carboxylic acids is 1. The molecule has 3 rings (SSSR count). The number of halogens is 2. The van der Waals surface area contributed by atoms with Crippen molar-refractivity contribution in [2.75, 3.05) is 6.54 Å². The first-order valence-electron chi connectivity index (χ1n) is 7.52. The number of nitrogens with two attached hydrogens (primary N) is 1. The maximum atomic E-state index is 12.5. The van der Waals surface area contributed by atoms with Crippen LogP contribution < -0.4 is 11.1 Å². The summed E-state index contributed by atoms with van der Waals surface area (Å²) < 4.78 is 0. The van der Waals surface area contributed by atoms with E-state index in [1.165, 1.54) is 0 Å². The SMILES string of the molecule is NCC1(NC(=O)C2CC2c2cccc(Cl)c2Cl)CCCC1. The molecule has 0 aromatic heterocycles. The largest absolute Gasteiger partial charge is 0.349 e. The Morgan fingerprint density at radius 3 is 2.71 bits per heavy atom. The predicted molar refractivity (Wildman–Crippen MR) is 85.7 cm³/mol. The van der Waals surface area contributed by atoms with E-state index in [-0.39, 0.29) is 23.3 Å². The number of amides is 1. The molecule has 0 aliphatic heterocycles. The summed E-state index contributed by atoms with van der Waals surface area (Å²) in [5.41, 5.74) is 6.68. The third-order valence-electron chi connectivity index (χ3n) is 4.85. The van der Waals surface area contributed by atoms with Crippen molar-refractivity contribution in [3.63, 3.8) is 0 Å². The molecule has 2 unspecified atom stereocenters. The molecule has 0 radical (unpaired) electrons. The van der Waals surface area contributed by atoms with Crippen molar-refractivity contribution in [2.45, 2.75) is 43.6 Å². The summed E-state index contributed by atoms with van der Waals surface area (Å²) in [7, 11) is 0. The Morgan fingerprint density at radius 1 is 1.33 bits per heavy atom. The molecule has 1 aromatic carbocycles. The average Bonchev–Trinajstić information content (AvgIpc) is 3.14. The molecule has 21 heavy (non-hydrogen) atoms. The molecule has 2 aliphatic carbocycles. The zero-order valence-corrected chi connectivity index (χ0v) is 13.4. The average molecular weight is 327 g/mol. The van der Waals surface area contributed by atoms with Gasteiger partial charge in [0.15, 0.2) is 0 Å². The molecule has 3 nitrogen and oxygen atoms in total. The summed E-state index contributed by atoms with van der Waals surface area (Å²) in [5, 5.41) is 4.33. The fraction of sp³-hybridized carbons (Fsp3) is 0.562. The van der Waals surface area contributed by atoms with Crippen molar-refractivity contribution in [3.8, 4) is 0 Å². The summed E-state index contributed by atoms with van der Waals surface area (Å²) in [4.78, 5) is 12.5. The van der Waals surface area contributed by atoms with E-state index >= 15 is 0 Å². The van der Waals surface area contributed by atoms with Gasteiger partial charge in [-0.3, -0.25) is 4.79 Å². The molecule has 2 saturated carbocycles. The highest BCUT2D eigenvalue weighted by atomic mass is 35.5. The highest BCUT2D eigenvalue weighted by molar-refractivity contribution is 6.42. The quantitative estimate of drug-likeness (QED) is 0.889. The Morgan fingerprint density at radius 2 is 2.05 bits per heavy atom. The Bertz CT molecular complexity index is 555. The standard InChI is InChI=1S/C16H20Cl2N2O/c17-13-5-3-4-10(14(13)18)11-8-12(11)15(21)20-16(9-19)6-1-2-7-16/h3-5,11-12H,1-2,6-9,19H2,(H,20,21). The number of hydrogen-bond acceptors (Lipinski definition) is 2. The fourth-order valence-electron chi connectivity index (χ4n) is 3.42. The van der Waals surface area contributed by atoms with Crippen molar-refractivity contribution in [3.05, 3.63) is 33.8 Å². The first kappa shape index (κ1) is 15.1. The first-order chi connectivity index (χ1) is 10.1. The lowest BCUT2D eigenvalue weighted by molar-refractivity contribution is -0.124. The van der Waals surface area contributed by atoms with Crippen molar-refractivity contribution in [1.29, 1.82) is 0 Å². The van der Waals surface area contributed by atoms with E-state index < -0.39 is 0 Å². The van der Waals surface area contributed by atoms with E-state index in [0.29, 0.717) is 16.6 Å². The highest BCUT2D eigenvalue weighted by Crippen LogP contribution is 2.51. The monoisotopic (exact) mass is 326 g/mol. The van der Waals surface area contributed by atoms with E-state index in [9.17, 15) is 4.79 Å². The van der Waals surface area contributed by atoms with Crippen LogP contribution in [0.1, 0.15) is 43.6 Å². The smallest absolute Gasteiger partial charge is 0.224 e. The van der Waals surface area contributed by atoms with Crippen molar-refractivity contribution < 1.29 is 4.79 Å². The molecule has 0 bridgehead atoms. The van der Waals surface area contributed by atoms with E-state index in [1.807, 2.05) is 12.1 Å². The minimum Gasteiger partial charge on any atom is -0.349 e. The molecule has 3 N–H and O–H groups in total. The summed E-state index contributed by atoms with van der Waals surface area (Å²) in [6.45, 7) is 0.522. The van der Waals surface area contributed by atoms with Crippen LogP contribution in [0.4, 0.5) is 0 Å². The van der Waals surface area contributed by atoms with Gasteiger partial charge in [-0.15, -0.1) is 0 Å².